The quantitative estimate of drug-likeness (QED) is 0.505. The van der Waals surface area contributed by atoms with Crippen LogP contribution in [0, 0.1) is 0 Å². The molecule has 0 aliphatic carbocycles. The number of rotatable bonds is 10. The number of amides is 2. The average Bonchev–Trinajstić information content (AvgIpc) is 2.71. The van der Waals surface area contributed by atoms with Gasteiger partial charge in [0.05, 0.1) is 0 Å². The molecule has 29 heavy (non-hydrogen) atoms. The summed E-state index contributed by atoms with van der Waals surface area (Å²) in [6.45, 7) is 4.27. The van der Waals surface area contributed by atoms with Gasteiger partial charge in [-0.15, -0.1) is 0 Å². The lowest BCUT2D eigenvalue weighted by Crippen LogP contribution is -2.47. The maximum absolute atomic E-state index is 13.0. The van der Waals surface area contributed by atoms with Crippen LogP contribution < -0.4 is 5.32 Å². The zero-order valence-corrected chi connectivity index (χ0v) is 19.0. The number of carbonyl (C=O) groups is 2. The van der Waals surface area contributed by atoms with E-state index in [4.69, 9.17) is 23.2 Å². The second kappa shape index (κ2) is 12.1. The van der Waals surface area contributed by atoms with Gasteiger partial charge in [-0.3, -0.25) is 9.59 Å². The zero-order valence-electron chi connectivity index (χ0n) is 16.7. The Labute approximate surface area is 187 Å². The lowest BCUT2D eigenvalue weighted by Gasteiger charge is -2.29. The van der Waals surface area contributed by atoms with Crippen molar-refractivity contribution < 1.29 is 9.59 Å². The first-order chi connectivity index (χ1) is 13.9. The highest BCUT2D eigenvalue weighted by molar-refractivity contribution is 7.98. The third-order valence-electron chi connectivity index (χ3n) is 4.48. The normalized spacial score (nSPS) is 11.7. The van der Waals surface area contributed by atoms with Crippen molar-refractivity contribution in [3.63, 3.8) is 0 Å². The van der Waals surface area contributed by atoms with Crippen molar-refractivity contribution >= 4 is 46.8 Å². The first-order valence-electron chi connectivity index (χ1n) is 9.55. The average molecular weight is 453 g/mol. The number of thioether (sulfide) groups is 1. The molecule has 0 unspecified atom stereocenters. The fraction of sp³-hybridized carbons (Fsp3) is 0.364. The number of hydrogen-bond acceptors (Lipinski definition) is 3. The molecule has 4 nitrogen and oxygen atoms in total. The molecule has 0 heterocycles. The van der Waals surface area contributed by atoms with Gasteiger partial charge in [-0.05, 0) is 31.5 Å². The molecular formula is C22H26Cl2N2O2S. The van der Waals surface area contributed by atoms with Gasteiger partial charge >= 0.3 is 0 Å². The minimum atomic E-state index is -0.617. The fourth-order valence-electron chi connectivity index (χ4n) is 2.83. The van der Waals surface area contributed by atoms with E-state index in [1.54, 1.807) is 41.8 Å². The van der Waals surface area contributed by atoms with Gasteiger partial charge in [-0.25, -0.2) is 0 Å². The predicted molar refractivity (Wildman–Crippen MR) is 122 cm³/mol. The Morgan fingerprint density at radius 1 is 1.07 bits per heavy atom. The molecule has 2 rings (SSSR count). The van der Waals surface area contributed by atoms with Crippen molar-refractivity contribution in [3.05, 3.63) is 69.7 Å². The van der Waals surface area contributed by atoms with Crippen molar-refractivity contribution in [3.8, 4) is 0 Å². The van der Waals surface area contributed by atoms with Crippen molar-refractivity contribution in [2.75, 3.05) is 12.3 Å². The van der Waals surface area contributed by atoms with Crippen molar-refractivity contribution in [1.82, 2.24) is 10.2 Å². The van der Waals surface area contributed by atoms with Crippen LogP contribution in [0.4, 0.5) is 0 Å². The molecule has 156 valence electrons. The van der Waals surface area contributed by atoms with Crippen molar-refractivity contribution in [2.24, 2.45) is 0 Å². The van der Waals surface area contributed by atoms with Crippen LogP contribution in [-0.4, -0.2) is 35.1 Å². The Balaban J connectivity index is 2.05. The Morgan fingerprint density at radius 2 is 1.72 bits per heavy atom. The van der Waals surface area contributed by atoms with Crippen LogP contribution in [0.15, 0.2) is 48.5 Å². The van der Waals surface area contributed by atoms with Gasteiger partial charge in [0.1, 0.15) is 6.04 Å². The van der Waals surface area contributed by atoms with Crippen LogP contribution in [0.3, 0.4) is 0 Å². The van der Waals surface area contributed by atoms with E-state index >= 15 is 0 Å². The lowest BCUT2D eigenvalue weighted by atomic mass is 10.1. The molecule has 0 fully saturated rings. The standard InChI is InChI=1S/C22H26Cl2N2O2S/c1-3-25-22(28)16(2)26(14-18-19(23)10-7-11-20(18)24)21(27)12-13-29-15-17-8-5-4-6-9-17/h4-11,16H,3,12-15H2,1-2H3,(H,25,28)/t16-/m1/s1. The highest BCUT2D eigenvalue weighted by Gasteiger charge is 2.26. The minimum Gasteiger partial charge on any atom is -0.355 e. The summed E-state index contributed by atoms with van der Waals surface area (Å²) in [5.74, 6) is 1.22. The van der Waals surface area contributed by atoms with Gasteiger partial charge in [0.15, 0.2) is 0 Å². The molecule has 0 aliphatic heterocycles. The summed E-state index contributed by atoms with van der Waals surface area (Å²) in [6.07, 6.45) is 0.337. The van der Waals surface area contributed by atoms with E-state index < -0.39 is 6.04 Å². The number of nitrogens with zero attached hydrogens (tertiary/aromatic N) is 1. The topological polar surface area (TPSA) is 49.4 Å². The van der Waals surface area contributed by atoms with Gasteiger partial charge < -0.3 is 10.2 Å². The number of likely N-dealkylation sites (N-methyl/N-ethyl adjacent to an activating group) is 1. The number of halogens is 2. The maximum Gasteiger partial charge on any atom is 0.242 e. The molecule has 0 aliphatic rings. The summed E-state index contributed by atoms with van der Waals surface area (Å²) in [4.78, 5) is 26.9. The molecule has 2 aromatic rings. The SMILES string of the molecule is CCNC(=O)[C@@H](C)N(Cc1c(Cl)cccc1Cl)C(=O)CCSCc1ccccc1. The summed E-state index contributed by atoms with van der Waals surface area (Å²) >= 11 is 14.3. The van der Waals surface area contributed by atoms with Gasteiger partial charge in [0.25, 0.3) is 0 Å². The molecule has 1 N–H and O–H groups in total. The van der Waals surface area contributed by atoms with Crippen LogP contribution in [-0.2, 0) is 21.9 Å². The summed E-state index contributed by atoms with van der Waals surface area (Å²) in [5.41, 5.74) is 1.87. The molecule has 0 bridgehead atoms. The second-order valence-corrected chi connectivity index (χ2v) is 8.50. The Morgan fingerprint density at radius 3 is 2.34 bits per heavy atom. The van der Waals surface area contributed by atoms with Crippen molar-refractivity contribution in [2.45, 2.75) is 38.6 Å². The third-order valence-corrected chi connectivity index (χ3v) is 6.22. The van der Waals surface area contributed by atoms with E-state index in [-0.39, 0.29) is 18.4 Å². The summed E-state index contributed by atoms with van der Waals surface area (Å²) < 4.78 is 0. The van der Waals surface area contributed by atoms with Crippen LogP contribution in [0.5, 0.6) is 0 Å². The first kappa shape index (κ1) is 23.6. The van der Waals surface area contributed by atoms with E-state index in [2.05, 4.69) is 17.4 Å². The summed E-state index contributed by atoms with van der Waals surface area (Å²) in [7, 11) is 0. The molecular weight excluding hydrogens is 427 g/mol. The Bertz CT molecular complexity index is 797. The van der Waals surface area contributed by atoms with Crippen LogP contribution >= 0.6 is 35.0 Å². The lowest BCUT2D eigenvalue weighted by molar-refractivity contribution is -0.140. The summed E-state index contributed by atoms with van der Waals surface area (Å²) in [5, 5.41) is 3.75. The fourth-order valence-corrected chi connectivity index (χ4v) is 4.23. The molecule has 0 saturated carbocycles. The van der Waals surface area contributed by atoms with Gasteiger partial charge in [0, 0.05) is 46.6 Å². The number of benzene rings is 2. The number of nitrogens with one attached hydrogen (secondary N) is 1. The van der Waals surface area contributed by atoms with Gasteiger partial charge in [-0.2, -0.15) is 11.8 Å². The molecule has 2 amide bonds. The maximum atomic E-state index is 13.0. The molecule has 0 radical (unpaired) electrons. The highest BCUT2D eigenvalue weighted by Crippen LogP contribution is 2.27. The van der Waals surface area contributed by atoms with Gasteiger partial charge in [-0.1, -0.05) is 59.6 Å². The highest BCUT2D eigenvalue weighted by atomic mass is 35.5. The van der Waals surface area contributed by atoms with Crippen LogP contribution in [0.25, 0.3) is 0 Å². The number of hydrogen-bond donors (Lipinski definition) is 1. The van der Waals surface area contributed by atoms with Crippen LogP contribution in [0.2, 0.25) is 10.0 Å². The predicted octanol–water partition coefficient (Wildman–Crippen LogP) is 5.17. The summed E-state index contributed by atoms with van der Waals surface area (Å²) in [6, 6.07) is 14.7. The molecule has 0 saturated heterocycles. The molecule has 7 heteroatoms. The Kier molecular flexibility index (Phi) is 9.85. The van der Waals surface area contributed by atoms with Crippen molar-refractivity contribution in [1.29, 1.82) is 0 Å². The second-order valence-electron chi connectivity index (χ2n) is 6.58. The first-order valence-corrected chi connectivity index (χ1v) is 11.5. The molecule has 1 atom stereocenters. The molecule has 0 spiro atoms. The van der Waals surface area contributed by atoms with E-state index in [9.17, 15) is 9.59 Å². The molecule has 2 aromatic carbocycles. The van der Waals surface area contributed by atoms with E-state index in [0.29, 0.717) is 34.3 Å². The van der Waals surface area contributed by atoms with Gasteiger partial charge in [0.2, 0.25) is 11.8 Å². The largest absolute Gasteiger partial charge is 0.355 e. The Hall–Kier alpha value is -1.69. The monoisotopic (exact) mass is 452 g/mol. The van der Waals surface area contributed by atoms with E-state index in [0.717, 1.165) is 5.75 Å². The molecule has 0 aromatic heterocycles. The minimum absolute atomic E-state index is 0.0969. The number of carbonyl (C=O) groups excluding carboxylic acids is 2. The smallest absolute Gasteiger partial charge is 0.242 e. The van der Waals surface area contributed by atoms with E-state index in [1.165, 1.54) is 5.56 Å². The third kappa shape index (κ3) is 7.25. The van der Waals surface area contributed by atoms with E-state index in [1.807, 2.05) is 25.1 Å². The van der Waals surface area contributed by atoms with Crippen LogP contribution in [0.1, 0.15) is 31.4 Å². The zero-order chi connectivity index (χ0) is 21.2.